The molecule has 1 aromatic heterocycles. The van der Waals surface area contributed by atoms with Crippen LogP contribution in [0.3, 0.4) is 0 Å². The number of benzene rings is 1. The maximum Gasteiger partial charge on any atom is 0.270 e. The summed E-state index contributed by atoms with van der Waals surface area (Å²) in [5.41, 5.74) is 1.40. The van der Waals surface area contributed by atoms with E-state index in [9.17, 15) is 4.79 Å². The predicted molar refractivity (Wildman–Crippen MR) is 101 cm³/mol. The van der Waals surface area contributed by atoms with Gasteiger partial charge in [-0.3, -0.25) is 4.79 Å². The topological polar surface area (TPSA) is 76.1 Å². The van der Waals surface area contributed by atoms with Crippen molar-refractivity contribution < 1.29 is 9.53 Å². The van der Waals surface area contributed by atoms with Gasteiger partial charge >= 0.3 is 0 Å². The summed E-state index contributed by atoms with van der Waals surface area (Å²) in [6.45, 7) is 2.25. The van der Waals surface area contributed by atoms with Gasteiger partial charge in [-0.1, -0.05) is 31.4 Å². The summed E-state index contributed by atoms with van der Waals surface area (Å²) in [7, 11) is 1.63. The highest BCUT2D eigenvalue weighted by Crippen LogP contribution is 2.21. The molecule has 2 N–H and O–H groups in total. The number of amides is 1. The molecule has 1 heterocycles. The standard InChI is InChI=1S/C20H26N4O2/c1-14-22-18(12-19(23-14)24-16-6-4-3-5-7-16)20(25)21-13-15-8-10-17(26-2)11-9-15/h8-12,16H,3-7,13H2,1-2H3,(H,21,25)(H,22,23,24). The van der Waals surface area contributed by atoms with E-state index in [-0.39, 0.29) is 5.91 Å². The summed E-state index contributed by atoms with van der Waals surface area (Å²) in [6.07, 6.45) is 6.11. The van der Waals surface area contributed by atoms with Crippen LogP contribution in [0.4, 0.5) is 5.82 Å². The highest BCUT2D eigenvalue weighted by molar-refractivity contribution is 5.92. The molecule has 1 aromatic carbocycles. The summed E-state index contributed by atoms with van der Waals surface area (Å²) >= 11 is 0. The number of methoxy groups -OCH3 is 1. The van der Waals surface area contributed by atoms with Crippen molar-refractivity contribution in [2.45, 2.75) is 51.6 Å². The number of nitrogens with one attached hydrogen (secondary N) is 2. The minimum absolute atomic E-state index is 0.196. The van der Waals surface area contributed by atoms with Gasteiger partial charge in [-0.25, -0.2) is 9.97 Å². The number of rotatable bonds is 6. The normalized spacial score (nSPS) is 14.7. The Bertz CT molecular complexity index is 740. The lowest BCUT2D eigenvalue weighted by molar-refractivity contribution is 0.0945. The van der Waals surface area contributed by atoms with Crippen molar-refractivity contribution in [2.24, 2.45) is 0 Å². The molecule has 0 atom stereocenters. The van der Waals surface area contributed by atoms with Crippen LogP contribution in [0.2, 0.25) is 0 Å². The van der Waals surface area contributed by atoms with Crippen molar-refractivity contribution in [1.29, 1.82) is 0 Å². The van der Waals surface area contributed by atoms with Crippen LogP contribution in [-0.2, 0) is 6.54 Å². The molecule has 1 aliphatic rings. The van der Waals surface area contributed by atoms with Crippen LogP contribution in [0, 0.1) is 6.92 Å². The highest BCUT2D eigenvalue weighted by Gasteiger charge is 2.16. The number of aryl methyl sites for hydroxylation is 1. The molecule has 0 aliphatic heterocycles. The van der Waals surface area contributed by atoms with Crippen molar-refractivity contribution in [1.82, 2.24) is 15.3 Å². The van der Waals surface area contributed by atoms with Crippen molar-refractivity contribution in [2.75, 3.05) is 12.4 Å². The van der Waals surface area contributed by atoms with E-state index in [0.29, 0.717) is 24.1 Å². The molecule has 3 rings (SSSR count). The van der Waals surface area contributed by atoms with E-state index in [1.807, 2.05) is 31.2 Å². The van der Waals surface area contributed by atoms with Crippen LogP contribution in [0.25, 0.3) is 0 Å². The Kier molecular flexibility index (Phi) is 6.04. The molecule has 138 valence electrons. The molecule has 0 radical (unpaired) electrons. The average molecular weight is 354 g/mol. The lowest BCUT2D eigenvalue weighted by atomic mass is 9.95. The van der Waals surface area contributed by atoms with Crippen LogP contribution in [0.5, 0.6) is 5.75 Å². The predicted octanol–water partition coefficient (Wildman–Crippen LogP) is 3.47. The first-order valence-electron chi connectivity index (χ1n) is 9.17. The molecule has 0 saturated heterocycles. The van der Waals surface area contributed by atoms with Gasteiger partial charge in [-0.05, 0) is 37.5 Å². The quantitative estimate of drug-likeness (QED) is 0.831. The van der Waals surface area contributed by atoms with E-state index >= 15 is 0 Å². The molecule has 26 heavy (non-hydrogen) atoms. The van der Waals surface area contributed by atoms with Gasteiger partial charge in [0, 0.05) is 18.7 Å². The SMILES string of the molecule is COc1ccc(CNC(=O)c2cc(NC3CCCCC3)nc(C)n2)cc1. The van der Waals surface area contributed by atoms with E-state index in [4.69, 9.17) is 4.74 Å². The molecule has 0 bridgehead atoms. The number of carbonyl (C=O) groups is 1. The van der Waals surface area contributed by atoms with E-state index < -0.39 is 0 Å². The van der Waals surface area contributed by atoms with Gasteiger partial charge in [0.1, 0.15) is 23.1 Å². The van der Waals surface area contributed by atoms with E-state index in [0.717, 1.165) is 30.0 Å². The van der Waals surface area contributed by atoms with Gasteiger partial charge in [-0.15, -0.1) is 0 Å². The number of hydrogen-bond donors (Lipinski definition) is 2. The average Bonchev–Trinajstić information content (AvgIpc) is 2.67. The fraction of sp³-hybridized carbons (Fsp3) is 0.450. The number of ether oxygens (including phenoxy) is 1. The van der Waals surface area contributed by atoms with Gasteiger partial charge in [0.05, 0.1) is 7.11 Å². The summed E-state index contributed by atoms with van der Waals surface area (Å²) < 4.78 is 5.14. The molecule has 1 amide bonds. The zero-order valence-corrected chi connectivity index (χ0v) is 15.4. The molecule has 6 nitrogen and oxygen atoms in total. The lowest BCUT2D eigenvalue weighted by Crippen LogP contribution is -2.26. The number of nitrogens with zero attached hydrogens (tertiary/aromatic N) is 2. The second-order valence-corrected chi connectivity index (χ2v) is 6.70. The second kappa shape index (κ2) is 8.65. The third-order valence-corrected chi connectivity index (χ3v) is 4.64. The van der Waals surface area contributed by atoms with E-state index in [1.165, 1.54) is 19.3 Å². The van der Waals surface area contributed by atoms with Crippen LogP contribution < -0.4 is 15.4 Å². The zero-order valence-electron chi connectivity index (χ0n) is 15.4. The number of aromatic nitrogens is 2. The Morgan fingerprint density at radius 1 is 1.15 bits per heavy atom. The molecule has 2 aromatic rings. The van der Waals surface area contributed by atoms with E-state index in [1.54, 1.807) is 13.2 Å². The first kappa shape index (κ1) is 18.2. The van der Waals surface area contributed by atoms with Crippen molar-refractivity contribution in [3.63, 3.8) is 0 Å². The molecular formula is C20H26N4O2. The molecule has 1 aliphatic carbocycles. The first-order chi connectivity index (χ1) is 12.6. The number of anilines is 1. The summed E-state index contributed by atoms with van der Waals surface area (Å²) in [4.78, 5) is 21.2. The minimum Gasteiger partial charge on any atom is -0.497 e. The van der Waals surface area contributed by atoms with Gasteiger partial charge in [0.25, 0.3) is 5.91 Å². The van der Waals surface area contributed by atoms with Crippen molar-refractivity contribution >= 4 is 11.7 Å². The third kappa shape index (κ3) is 4.94. The fourth-order valence-electron chi connectivity index (χ4n) is 3.23. The largest absolute Gasteiger partial charge is 0.497 e. The fourth-order valence-corrected chi connectivity index (χ4v) is 3.23. The second-order valence-electron chi connectivity index (χ2n) is 6.70. The third-order valence-electron chi connectivity index (χ3n) is 4.64. The molecular weight excluding hydrogens is 328 g/mol. The molecule has 1 saturated carbocycles. The Hall–Kier alpha value is -2.63. The molecule has 6 heteroatoms. The summed E-state index contributed by atoms with van der Waals surface area (Å²) in [5.74, 6) is 1.93. The van der Waals surface area contributed by atoms with Crippen LogP contribution >= 0.6 is 0 Å². The van der Waals surface area contributed by atoms with Gasteiger partial charge < -0.3 is 15.4 Å². The maximum absolute atomic E-state index is 12.5. The first-order valence-corrected chi connectivity index (χ1v) is 9.17. The Labute approximate surface area is 154 Å². The van der Waals surface area contributed by atoms with Crippen molar-refractivity contribution in [3.8, 4) is 5.75 Å². The summed E-state index contributed by atoms with van der Waals surface area (Å²) in [5, 5.41) is 6.37. The van der Waals surface area contributed by atoms with Gasteiger partial charge in [0.2, 0.25) is 0 Å². The summed E-state index contributed by atoms with van der Waals surface area (Å²) in [6, 6.07) is 9.80. The zero-order chi connectivity index (χ0) is 18.4. The van der Waals surface area contributed by atoms with Gasteiger partial charge in [0.15, 0.2) is 0 Å². The number of carbonyl (C=O) groups excluding carboxylic acids is 1. The van der Waals surface area contributed by atoms with Crippen LogP contribution in [0.15, 0.2) is 30.3 Å². The van der Waals surface area contributed by atoms with Crippen LogP contribution in [-0.4, -0.2) is 29.0 Å². The smallest absolute Gasteiger partial charge is 0.270 e. The Balaban J connectivity index is 1.62. The Morgan fingerprint density at radius 3 is 2.58 bits per heavy atom. The minimum atomic E-state index is -0.196. The highest BCUT2D eigenvalue weighted by atomic mass is 16.5. The molecule has 0 unspecified atom stereocenters. The van der Waals surface area contributed by atoms with Gasteiger partial charge in [-0.2, -0.15) is 0 Å². The van der Waals surface area contributed by atoms with Crippen LogP contribution in [0.1, 0.15) is 54.0 Å². The Morgan fingerprint density at radius 2 is 1.88 bits per heavy atom. The monoisotopic (exact) mass is 354 g/mol. The maximum atomic E-state index is 12.5. The van der Waals surface area contributed by atoms with Crippen molar-refractivity contribution in [3.05, 3.63) is 47.4 Å². The lowest BCUT2D eigenvalue weighted by Gasteiger charge is -2.23. The van der Waals surface area contributed by atoms with E-state index in [2.05, 4.69) is 20.6 Å². The molecule has 0 spiro atoms. The molecule has 1 fully saturated rings. The number of hydrogen-bond acceptors (Lipinski definition) is 5.